The van der Waals surface area contributed by atoms with Crippen molar-refractivity contribution >= 4 is 46.1 Å². The highest BCUT2D eigenvalue weighted by atomic mass is 16.2. The highest BCUT2D eigenvalue weighted by molar-refractivity contribution is 6.12. The number of amidine groups is 1. The van der Waals surface area contributed by atoms with Crippen LogP contribution in [0.1, 0.15) is 20.8 Å². The molecule has 154 valence electrons. The Kier molecular flexibility index (Phi) is 5.66. The monoisotopic (exact) mass is 413 g/mol. The van der Waals surface area contributed by atoms with Crippen molar-refractivity contribution in [2.75, 3.05) is 12.3 Å². The predicted octanol–water partition coefficient (Wildman–Crippen LogP) is 2.11. The van der Waals surface area contributed by atoms with E-state index in [4.69, 9.17) is 5.73 Å². The number of nitrogens with two attached hydrogens (primary N) is 1. The number of nitrogens with one attached hydrogen (secondary N) is 3. The van der Waals surface area contributed by atoms with Crippen molar-refractivity contribution in [3.05, 3.63) is 78.4 Å². The van der Waals surface area contributed by atoms with E-state index in [1.165, 1.54) is 6.34 Å². The second-order valence-corrected chi connectivity index (χ2v) is 6.58. The van der Waals surface area contributed by atoms with E-state index in [1.807, 2.05) is 30.3 Å². The van der Waals surface area contributed by atoms with Crippen molar-refractivity contribution in [3.8, 4) is 0 Å². The molecule has 0 spiro atoms. The number of carbonyl (C=O) groups excluding carboxylic acids is 2. The Balaban J connectivity index is 1.53. The van der Waals surface area contributed by atoms with Crippen LogP contribution in [0.4, 0.5) is 11.4 Å². The number of anilines is 1. The third-order valence-corrected chi connectivity index (χ3v) is 4.54. The SMILES string of the molecule is Nc1cccc(C(=O)NC2=NC=CNC2)c1N=CNC(=O)c1nccc2ccccc12. The van der Waals surface area contributed by atoms with Crippen LogP contribution < -0.4 is 21.7 Å². The van der Waals surface area contributed by atoms with Gasteiger partial charge in [0.05, 0.1) is 24.1 Å². The normalized spacial score (nSPS) is 13.0. The van der Waals surface area contributed by atoms with Crippen LogP contribution in [0.2, 0.25) is 0 Å². The standard InChI is InChI=1S/C22H19N7O2/c23-17-7-3-6-16(21(30)29-18-12-24-10-11-25-18)19(17)27-13-28-22(31)20-15-5-2-1-4-14(15)8-9-26-20/h1-11,13,24H,12,23H2,(H,25,29,30)(H,27,28,31). The topological polar surface area (TPSA) is 134 Å². The fourth-order valence-electron chi connectivity index (χ4n) is 3.07. The van der Waals surface area contributed by atoms with Gasteiger partial charge in [0.15, 0.2) is 0 Å². The molecule has 0 fully saturated rings. The molecule has 0 saturated carbocycles. The molecule has 31 heavy (non-hydrogen) atoms. The van der Waals surface area contributed by atoms with E-state index in [0.29, 0.717) is 18.1 Å². The molecule has 2 amide bonds. The van der Waals surface area contributed by atoms with E-state index < -0.39 is 11.8 Å². The third-order valence-electron chi connectivity index (χ3n) is 4.54. The van der Waals surface area contributed by atoms with Crippen LogP contribution in [0, 0.1) is 0 Å². The molecular formula is C22H19N7O2. The summed E-state index contributed by atoms with van der Waals surface area (Å²) in [5, 5.41) is 9.90. The largest absolute Gasteiger partial charge is 0.397 e. The Morgan fingerprint density at radius 1 is 1.10 bits per heavy atom. The van der Waals surface area contributed by atoms with Gasteiger partial charge in [-0.1, -0.05) is 30.3 Å². The number of hydrogen-bond donors (Lipinski definition) is 4. The van der Waals surface area contributed by atoms with E-state index in [2.05, 4.69) is 30.9 Å². The van der Waals surface area contributed by atoms with Crippen LogP contribution in [-0.2, 0) is 0 Å². The van der Waals surface area contributed by atoms with Gasteiger partial charge < -0.3 is 21.7 Å². The van der Waals surface area contributed by atoms with Crippen molar-refractivity contribution in [3.63, 3.8) is 0 Å². The average molecular weight is 413 g/mol. The molecule has 1 aliphatic heterocycles. The Hall–Kier alpha value is -4.53. The van der Waals surface area contributed by atoms with Gasteiger partial charge in [0.2, 0.25) is 0 Å². The van der Waals surface area contributed by atoms with E-state index in [1.54, 1.807) is 36.8 Å². The van der Waals surface area contributed by atoms with Gasteiger partial charge in [0.1, 0.15) is 17.2 Å². The second kappa shape index (κ2) is 8.87. The first-order valence-electron chi connectivity index (χ1n) is 9.45. The second-order valence-electron chi connectivity index (χ2n) is 6.58. The summed E-state index contributed by atoms with van der Waals surface area (Å²) in [6, 6.07) is 14.2. The summed E-state index contributed by atoms with van der Waals surface area (Å²) in [5.74, 6) is -0.354. The van der Waals surface area contributed by atoms with Gasteiger partial charge >= 0.3 is 0 Å². The van der Waals surface area contributed by atoms with Crippen LogP contribution in [0.25, 0.3) is 10.8 Å². The maximum absolute atomic E-state index is 12.7. The number of amides is 2. The summed E-state index contributed by atoms with van der Waals surface area (Å²) in [6.45, 7) is 0.400. The summed E-state index contributed by atoms with van der Waals surface area (Å²) in [4.78, 5) is 37.8. The maximum Gasteiger partial charge on any atom is 0.275 e. The van der Waals surface area contributed by atoms with E-state index in [9.17, 15) is 9.59 Å². The first-order chi connectivity index (χ1) is 15.1. The molecule has 1 aromatic heterocycles. The van der Waals surface area contributed by atoms with Crippen LogP contribution in [0.15, 0.2) is 77.1 Å². The lowest BCUT2D eigenvalue weighted by atomic mass is 10.1. The number of aliphatic imine (C=N–C) groups is 2. The number of rotatable bonds is 4. The van der Waals surface area contributed by atoms with Crippen molar-refractivity contribution in [1.82, 2.24) is 20.9 Å². The molecule has 0 radical (unpaired) electrons. The van der Waals surface area contributed by atoms with Gasteiger partial charge in [-0.3, -0.25) is 14.6 Å². The summed E-state index contributed by atoms with van der Waals surface area (Å²) in [6.07, 6.45) is 6.01. The summed E-state index contributed by atoms with van der Waals surface area (Å²) >= 11 is 0. The number of pyridine rings is 1. The zero-order valence-electron chi connectivity index (χ0n) is 16.4. The number of benzene rings is 2. The van der Waals surface area contributed by atoms with E-state index >= 15 is 0 Å². The van der Waals surface area contributed by atoms with Crippen molar-refractivity contribution in [1.29, 1.82) is 0 Å². The third kappa shape index (κ3) is 4.40. The quantitative estimate of drug-likeness (QED) is 0.295. The number of para-hydroxylation sites is 1. The van der Waals surface area contributed by atoms with Crippen LogP contribution in [0.5, 0.6) is 0 Å². The highest BCUT2D eigenvalue weighted by Crippen LogP contribution is 2.26. The molecular weight excluding hydrogens is 394 g/mol. The lowest BCUT2D eigenvalue weighted by Gasteiger charge is -2.13. The maximum atomic E-state index is 12.7. The highest BCUT2D eigenvalue weighted by Gasteiger charge is 2.16. The van der Waals surface area contributed by atoms with Crippen molar-refractivity contribution in [2.45, 2.75) is 0 Å². The van der Waals surface area contributed by atoms with Crippen LogP contribution >= 0.6 is 0 Å². The fraction of sp³-hybridized carbons (Fsp3) is 0.0455. The molecule has 9 nitrogen and oxygen atoms in total. The van der Waals surface area contributed by atoms with Crippen LogP contribution in [-0.4, -0.2) is 35.5 Å². The van der Waals surface area contributed by atoms with Gasteiger partial charge in [-0.15, -0.1) is 0 Å². The Morgan fingerprint density at radius 3 is 2.81 bits per heavy atom. The number of nitrogens with zero attached hydrogens (tertiary/aromatic N) is 3. The number of fused-ring (bicyclic) bond motifs is 1. The van der Waals surface area contributed by atoms with Crippen molar-refractivity contribution in [2.24, 2.45) is 9.98 Å². The fourth-order valence-corrected chi connectivity index (χ4v) is 3.07. The molecule has 4 rings (SSSR count). The lowest BCUT2D eigenvalue weighted by molar-refractivity contribution is 0.0968. The van der Waals surface area contributed by atoms with E-state index in [0.717, 1.165) is 10.8 Å². The first kappa shape index (κ1) is 19.8. The number of aromatic nitrogens is 1. The lowest BCUT2D eigenvalue weighted by Crippen LogP contribution is -2.37. The molecule has 5 N–H and O–H groups in total. The first-order valence-corrected chi connectivity index (χ1v) is 9.45. The van der Waals surface area contributed by atoms with E-state index in [-0.39, 0.29) is 16.9 Å². The summed E-state index contributed by atoms with van der Waals surface area (Å²) < 4.78 is 0. The Bertz CT molecular complexity index is 1240. The molecule has 0 saturated heterocycles. The molecule has 0 atom stereocenters. The number of hydrogen-bond acceptors (Lipinski definition) is 7. The summed E-state index contributed by atoms with van der Waals surface area (Å²) in [5.41, 5.74) is 7.09. The molecule has 0 bridgehead atoms. The van der Waals surface area contributed by atoms with Crippen LogP contribution in [0.3, 0.4) is 0 Å². The van der Waals surface area contributed by atoms with Gasteiger partial charge in [0.25, 0.3) is 11.8 Å². The number of nitrogen functional groups attached to an aromatic ring is 1. The van der Waals surface area contributed by atoms with Crippen molar-refractivity contribution < 1.29 is 9.59 Å². The molecule has 3 aromatic rings. The zero-order chi connectivity index (χ0) is 21.6. The van der Waals surface area contributed by atoms with Gasteiger partial charge in [-0.05, 0) is 23.6 Å². The average Bonchev–Trinajstić information content (AvgIpc) is 2.80. The zero-order valence-corrected chi connectivity index (χ0v) is 16.4. The minimum Gasteiger partial charge on any atom is -0.397 e. The molecule has 0 aliphatic carbocycles. The van der Waals surface area contributed by atoms with Gasteiger partial charge in [0, 0.05) is 24.0 Å². The van der Waals surface area contributed by atoms with Gasteiger partial charge in [-0.25, -0.2) is 9.98 Å². The molecule has 0 unspecified atom stereocenters. The minimum atomic E-state index is -0.421. The Labute approximate surface area is 177 Å². The van der Waals surface area contributed by atoms with Gasteiger partial charge in [-0.2, -0.15) is 0 Å². The smallest absolute Gasteiger partial charge is 0.275 e. The predicted molar refractivity (Wildman–Crippen MR) is 120 cm³/mol. The molecule has 9 heteroatoms. The Morgan fingerprint density at radius 2 is 1.97 bits per heavy atom. The minimum absolute atomic E-state index is 0.242. The number of carbonyl (C=O) groups is 2. The molecule has 2 aromatic carbocycles. The summed E-state index contributed by atoms with van der Waals surface area (Å²) in [7, 11) is 0. The molecule has 2 heterocycles. The molecule has 1 aliphatic rings.